The SMILES string of the molecule is Cc1ccc(C(CNC(N)=NCc2ccc(OC(F)(F)F)cc2)N2CCOCC2)cc1. The van der Waals surface area contributed by atoms with Crippen LogP contribution < -0.4 is 15.8 Å². The molecule has 31 heavy (non-hydrogen) atoms. The van der Waals surface area contributed by atoms with Crippen molar-refractivity contribution >= 4 is 5.96 Å². The van der Waals surface area contributed by atoms with E-state index in [2.05, 4.69) is 51.1 Å². The van der Waals surface area contributed by atoms with Crippen LogP contribution in [0, 0.1) is 6.92 Å². The quantitative estimate of drug-likeness (QED) is 0.514. The molecule has 0 radical (unpaired) electrons. The number of hydrogen-bond donors (Lipinski definition) is 2. The van der Waals surface area contributed by atoms with E-state index in [9.17, 15) is 13.2 Å². The first-order valence-electron chi connectivity index (χ1n) is 10.1. The maximum atomic E-state index is 12.2. The number of benzene rings is 2. The standard InChI is InChI=1S/C22H27F3N4O2/c1-16-2-6-18(7-3-16)20(29-10-12-30-13-11-29)15-28-21(26)27-14-17-4-8-19(9-5-17)31-22(23,24)25/h2-9,20H,10-15H2,1H3,(H3,26,27,28). The van der Waals surface area contributed by atoms with Gasteiger partial charge in [-0.15, -0.1) is 13.2 Å². The van der Waals surface area contributed by atoms with Crippen molar-refractivity contribution in [1.82, 2.24) is 10.2 Å². The van der Waals surface area contributed by atoms with Gasteiger partial charge in [0.15, 0.2) is 5.96 Å². The number of aliphatic imine (C=N–C) groups is 1. The molecule has 168 valence electrons. The maximum absolute atomic E-state index is 12.2. The number of rotatable bonds is 7. The highest BCUT2D eigenvalue weighted by molar-refractivity contribution is 5.77. The maximum Gasteiger partial charge on any atom is 0.573 e. The van der Waals surface area contributed by atoms with Gasteiger partial charge < -0.3 is 20.5 Å². The first-order chi connectivity index (χ1) is 14.8. The van der Waals surface area contributed by atoms with Crippen molar-refractivity contribution in [3.05, 3.63) is 65.2 Å². The third-order valence-electron chi connectivity index (χ3n) is 5.01. The predicted molar refractivity (Wildman–Crippen MR) is 113 cm³/mol. The lowest BCUT2D eigenvalue weighted by Gasteiger charge is -2.35. The van der Waals surface area contributed by atoms with Gasteiger partial charge >= 0.3 is 6.36 Å². The van der Waals surface area contributed by atoms with Crippen LogP contribution >= 0.6 is 0 Å². The van der Waals surface area contributed by atoms with E-state index >= 15 is 0 Å². The van der Waals surface area contributed by atoms with Gasteiger partial charge in [0.05, 0.1) is 25.8 Å². The normalized spacial score (nSPS) is 16.7. The summed E-state index contributed by atoms with van der Waals surface area (Å²) in [6, 6.07) is 14.1. The highest BCUT2D eigenvalue weighted by Gasteiger charge is 2.31. The molecule has 9 heteroatoms. The molecule has 3 N–H and O–H groups in total. The van der Waals surface area contributed by atoms with Crippen molar-refractivity contribution < 1.29 is 22.6 Å². The minimum absolute atomic E-state index is 0.122. The Bertz CT molecular complexity index is 849. The van der Waals surface area contributed by atoms with Gasteiger partial charge in [0.2, 0.25) is 0 Å². The fraction of sp³-hybridized carbons (Fsp3) is 0.409. The van der Waals surface area contributed by atoms with E-state index in [4.69, 9.17) is 10.5 Å². The molecule has 0 spiro atoms. The minimum Gasteiger partial charge on any atom is -0.406 e. The summed E-state index contributed by atoms with van der Waals surface area (Å²) in [5.74, 6) is 0.0127. The predicted octanol–water partition coefficient (Wildman–Crippen LogP) is 3.37. The Morgan fingerprint density at radius 2 is 1.77 bits per heavy atom. The summed E-state index contributed by atoms with van der Waals surface area (Å²) in [5.41, 5.74) is 9.15. The summed E-state index contributed by atoms with van der Waals surface area (Å²) >= 11 is 0. The van der Waals surface area contributed by atoms with Crippen molar-refractivity contribution in [1.29, 1.82) is 0 Å². The number of morpholine rings is 1. The molecule has 2 aromatic rings. The van der Waals surface area contributed by atoms with E-state index in [0.29, 0.717) is 19.8 Å². The smallest absolute Gasteiger partial charge is 0.406 e. The van der Waals surface area contributed by atoms with E-state index in [0.717, 1.165) is 18.7 Å². The highest BCUT2D eigenvalue weighted by atomic mass is 19.4. The van der Waals surface area contributed by atoms with Crippen LogP contribution in [0.5, 0.6) is 5.75 Å². The second kappa shape index (κ2) is 10.5. The van der Waals surface area contributed by atoms with Crippen LogP contribution in [0.1, 0.15) is 22.7 Å². The topological polar surface area (TPSA) is 72.1 Å². The van der Waals surface area contributed by atoms with Gasteiger partial charge in [-0.05, 0) is 30.2 Å². The molecule has 0 aromatic heterocycles. The molecule has 1 unspecified atom stereocenters. The van der Waals surface area contributed by atoms with Crippen LogP contribution in [0.4, 0.5) is 13.2 Å². The number of ether oxygens (including phenoxy) is 2. The molecule has 1 aliphatic rings. The summed E-state index contributed by atoms with van der Waals surface area (Å²) in [5, 5.41) is 3.18. The van der Waals surface area contributed by atoms with Crippen LogP contribution in [-0.4, -0.2) is 50.1 Å². The molecule has 1 heterocycles. The molecule has 0 amide bonds. The Labute approximate surface area is 179 Å². The molecule has 2 aromatic carbocycles. The van der Waals surface area contributed by atoms with Gasteiger partial charge in [0, 0.05) is 19.6 Å². The van der Waals surface area contributed by atoms with Crippen molar-refractivity contribution in [3.63, 3.8) is 0 Å². The zero-order chi connectivity index (χ0) is 22.3. The van der Waals surface area contributed by atoms with Crippen LogP contribution in [-0.2, 0) is 11.3 Å². The molecule has 1 saturated heterocycles. The lowest BCUT2D eigenvalue weighted by Crippen LogP contribution is -2.45. The third-order valence-corrected chi connectivity index (χ3v) is 5.01. The Kier molecular flexibility index (Phi) is 7.75. The fourth-order valence-electron chi connectivity index (χ4n) is 3.37. The number of nitrogens with two attached hydrogens (primary N) is 1. The summed E-state index contributed by atoms with van der Waals surface area (Å²) in [7, 11) is 0. The Hall–Kier alpha value is -2.78. The number of aryl methyl sites for hydroxylation is 1. The first kappa shape index (κ1) is 22.9. The van der Waals surface area contributed by atoms with Crippen LogP contribution in [0.2, 0.25) is 0 Å². The van der Waals surface area contributed by atoms with Gasteiger partial charge in [-0.25, -0.2) is 4.99 Å². The average Bonchev–Trinajstić information content (AvgIpc) is 2.74. The van der Waals surface area contributed by atoms with Crippen molar-refractivity contribution in [3.8, 4) is 5.75 Å². The Morgan fingerprint density at radius 3 is 2.39 bits per heavy atom. The van der Waals surface area contributed by atoms with E-state index in [1.165, 1.54) is 35.4 Å². The molecule has 6 nitrogen and oxygen atoms in total. The zero-order valence-corrected chi connectivity index (χ0v) is 17.4. The number of halogens is 3. The molecule has 1 atom stereocenters. The second-order valence-corrected chi connectivity index (χ2v) is 7.35. The van der Waals surface area contributed by atoms with Crippen LogP contribution in [0.3, 0.4) is 0 Å². The summed E-state index contributed by atoms with van der Waals surface area (Å²) in [4.78, 5) is 6.66. The summed E-state index contributed by atoms with van der Waals surface area (Å²) in [6.45, 7) is 5.94. The molecule has 0 bridgehead atoms. The number of nitrogens with one attached hydrogen (secondary N) is 1. The first-order valence-corrected chi connectivity index (χ1v) is 10.1. The van der Waals surface area contributed by atoms with Crippen LogP contribution in [0.15, 0.2) is 53.5 Å². The second-order valence-electron chi connectivity index (χ2n) is 7.35. The highest BCUT2D eigenvalue weighted by Crippen LogP contribution is 2.23. The summed E-state index contributed by atoms with van der Waals surface area (Å²) < 4.78 is 46.1. The fourth-order valence-corrected chi connectivity index (χ4v) is 3.37. The Morgan fingerprint density at radius 1 is 1.13 bits per heavy atom. The molecule has 1 aliphatic heterocycles. The molecular weight excluding hydrogens is 409 g/mol. The number of guanidine groups is 1. The molecule has 0 saturated carbocycles. The van der Waals surface area contributed by atoms with E-state index < -0.39 is 6.36 Å². The van der Waals surface area contributed by atoms with E-state index in [1.54, 1.807) is 0 Å². The Balaban J connectivity index is 1.58. The lowest BCUT2D eigenvalue weighted by molar-refractivity contribution is -0.274. The van der Waals surface area contributed by atoms with Crippen molar-refractivity contribution in [2.45, 2.75) is 25.9 Å². The third kappa shape index (κ3) is 7.45. The zero-order valence-electron chi connectivity index (χ0n) is 17.4. The monoisotopic (exact) mass is 436 g/mol. The number of alkyl halides is 3. The van der Waals surface area contributed by atoms with Gasteiger partial charge in [0.25, 0.3) is 0 Å². The number of nitrogens with zero attached hydrogens (tertiary/aromatic N) is 2. The largest absolute Gasteiger partial charge is 0.573 e. The minimum atomic E-state index is -4.71. The van der Waals surface area contributed by atoms with E-state index in [1.807, 2.05) is 0 Å². The van der Waals surface area contributed by atoms with Gasteiger partial charge in [0.1, 0.15) is 5.75 Å². The lowest BCUT2D eigenvalue weighted by atomic mass is 10.0. The van der Waals surface area contributed by atoms with Gasteiger partial charge in [-0.3, -0.25) is 4.90 Å². The summed E-state index contributed by atoms with van der Waals surface area (Å²) in [6.07, 6.45) is -4.71. The molecule has 0 aliphatic carbocycles. The van der Waals surface area contributed by atoms with Gasteiger partial charge in [-0.1, -0.05) is 42.0 Å². The molecule has 3 rings (SSSR count). The number of hydrogen-bond acceptors (Lipinski definition) is 4. The van der Waals surface area contributed by atoms with Crippen LogP contribution in [0.25, 0.3) is 0 Å². The molecular formula is C22H27F3N4O2. The average molecular weight is 436 g/mol. The molecule has 1 fully saturated rings. The van der Waals surface area contributed by atoms with E-state index in [-0.39, 0.29) is 24.3 Å². The van der Waals surface area contributed by atoms with Crippen molar-refractivity contribution in [2.24, 2.45) is 10.7 Å². The van der Waals surface area contributed by atoms with Crippen molar-refractivity contribution in [2.75, 3.05) is 32.8 Å². The van der Waals surface area contributed by atoms with Gasteiger partial charge in [-0.2, -0.15) is 0 Å².